The molecule has 0 atom stereocenters. The minimum absolute atomic E-state index is 0. The SMILES string of the molecule is CN1CCNCCC1=O.Cl. The zero-order valence-corrected chi connectivity index (χ0v) is 6.91. The molecule has 0 saturated carbocycles. The van der Waals surface area contributed by atoms with E-state index in [1.807, 2.05) is 7.05 Å². The fourth-order valence-electron chi connectivity index (χ4n) is 0.883. The Hall–Kier alpha value is -0.280. The zero-order valence-electron chi connectivity index (χ0n) is 6.09. The first kappa shape index (κ1) is 9.72. The number of carbonyl (C=O) groups excluding carboxylic acids is 1. The monoisotopic (exact) mass is 164 g/mol. The van der Waals surface area contributed by atoms with Crippen LogP contribution in [-0.2, 0) is 4.79 Å². The van der Waals surface area contributed by atoms with E-state index in [1.165, 1.54) is 0 Å². The molecule has 0 aliphatic carbocycles. The molecule has 3 nitrogen and oxygen atoms in total. The van der Waals surface area contributed by atoms with Crippen molar-refractivity contribution in [2.45, 2.75) is 6.42 Å². The van der Waals surface area contributed by atoms with Crippen LogP contribution in [0.4, 0.5) is 0 Å². The standard InChI is InChI=1S/C6H12N2O.ClH/c1-8-5-4-7-3-2-6(8)9;/h7H,2-5H2,1H3;1H. The van der Waals surface area contributed by atoms with E-state index in [2.05, 4.69) is 5.32 Å². The van der Waals surface area contributed by atoms with Crippen LogP contribution in [0.5, 0.6) is 0 Å². The second-order valence-electron chi connectivity index (χ2n) is 2.32. The molecule has 0 unspecified atom stereocenters. The van der Waals surface area contributed by atoms with Crippen molar-refractivity contribution in [2.24, 2.45) is 0 Å². The Labute approximate surface area is 67.2 Å². The van der Waals surface area contributed by atoms with Crippen molar-refractivity contribution >= 4 is 18.3 Å². The molecule has 0 radical (unpaired) electrons. The summed E-state index contributed by atoms with van der Waals surface area (Å²) in [6, 6.07) is 0. The van der Waals surface area contributed by atoms with Gasteiger partial charge in [-0.05, 0) is 0 Å². The van der Waals surface area contributed by atoms with Crippen LogP contribution in [0.15, 0.2) is 0 Å². The summed E-state index contributed by atoms with van der Waals surface area (Å²) < 4.78 is 0. The number of likely N-dealkylation sites (N-methyl/N-ethyl adjacent to an activating group) is 1. The molecular formula is C6H13ClN2O. The lowest BCUT2D eigenvalue weighted by atomic mass is 10.4. The number of amides is 1. The number of nitrogens with zero attached hydrogens (tertiary/aromatic N) is 1. The van der Waals surface area contributed by atoms with Crippen molar-refractivity contribution < 1.29 is 4.79 Å². The van der Waals surface area contributed by atoms with Gasteiger partial charge in [-0.15, -0.1) is 12.4 Å². The van der Waals surface area contributed by atoms with Gasteiger partial charge >= 0.3 is 0 Å². The molecule has 1 aliphatic rings. The largest absolute Gasteiger partial charge is 0.344 e. The maximum Gasteiger partial charge on any atom is 0.223 e. The summed E-state index contributed by atoms with van der Waals surface area (Å²) >= 11 is 0. The average Bonchev–Trinajstić information content (AvgIpc) is 1.99. The molecule has 60 valence electrons. The van der Waals surface area contributed by atoms with E-state index in [-0.39, 0.29) is 18.3 Å². The molecular weight excluding hydrogens is 152 g/mol. The number of hydrogen-bond acceptors (Lipinski definition) is 2. The van der Waals surface area contributed by atoms with Crippen LogP contribution in [0.1, 0.15) is 6.42 Å². The minimum Gasteiger partial charge on any atom is -0.344 e. The summed E-state index contributed by atoms with van der Waals surface area (Å²) in [5.74, 6) is 0.250. The fraction of sp³-hybridized carbons (Fsp3) is 0.833. The fourth-order valence-corrected chi connectivity index (χ4v) is 0.883. The smallest absolute Gasteiger partial charge is 0.223 e. The summed E-state index contributed by atoms with van der Waals surface area (Å²) in [5, 5.41) is 3.15. The molecule has 1 N–H and O–H groups in total. The van der Waals surface area contributed by atoms with Gasteiger partial charge in [0.05, 0.1) is 0 Å². The average molecular weight is 165 g/mol. The van der Waals surface area contributed by atoms with E-state index in [9.17, 15) is 4.79 Å². The Balaban J connectivity index is 0.000000810. The van der Waals surface area contributed by atoms with Crippen molar-refractivity contribution in [1.29, 1.82) is 0 Å². The van der Waals surface area contributed by atoms with Crippen molar-refractivity contribution in [3.05, 3.63) is 0 Å². The number of nitrogens with one attached hydrogen (secondary N) is 1. The molecule has 0 spiro atoms. The topological polar surface area (TPSA) is 32.3 Å². The van der Waals surface area contributed by atoms with Gasteiger partial charge in [0, 0.05) is 33.1 Å². The number of halogens is 1. The molecule has 0 bridgehead atoms. The van der Waals surface area contributed by atoms with E-state index in [4.69, 9.17) is 0 Å². The van der Waals surface area contributed by atoms with Gasteiger partial charge in [0.15, 0.2) is 0 Å². The summed E-state index contributed by atoms with van der Waals surface area (Å²) in [6.07, 6.45) is 0.649. The molecule has 1 rings (SSSR count). The van der Waals surface area contributed by atoms with Crippen LogP contribution in [0.25, 0.3) is 0 Å². The predicted molar refractivity (Wildman–Crippen MR) is 42.4 cm³/mol. The highest BCUT2D eigenvalue weighted by molar-refractivity contribution is 5.85. The van der Waals surface area contributed by atoms with Crippen LogP contribution < -0.4 is 5.32 Å². The number of rotatable bonds is 0. The minimum atomic E-state index is 0. The zero-order chi connectivity index (χ0) is 6.69. The third kappa shape index (κ3) is 2.54. The van der Waals surface area contributed by atoms with E-state index < -0.39 is 0 Å². The third-order valence-electron chi connectivity index (χ3n) is 1.57. The maximum atomic E-state index is 10.9. The van der Waals surface area contributed by atoms with Gasteiger partial charge in [0.25, 0.3) is 0 Å². The molecule has 10 heavy (non-hydrogen) atoms. The molecule has 1 aliphatic heterocycles. The van der Waals surface area contributed by atoms with Gasteiger partial charge in [-0.3, -0.25) is 4.79 Å². The number of carbonyl (C=O) groups is 1. The van der Waals surface area contributed by atoms with Crippen LogP contribution in [-0.4, -0.2) is 37.5 Å². The Morgan fingerprint density at radius 3 is 2.90 bits per heavy atom. The molecule has 0 aromatic carbocycles. The van der Waals surface area contributed by atoms with Gasteiger partial charge in [0.1, 0.15) is 0 Å². The van der Waals surface area contributed by atoms with Gasteiger partial charge in [0.2, 0.25) is 5.91 Å². The summed E-state index contributed by atoms with van der Waals surface area (Å²) in [5.41, 5.74) is 0. The third-order valence-corrected chi connectivity index (χ3v) is 1.57. The van der Waals surface area contributed by atoms with Gasteiger partial charge in [-0.1, -0.05) is 0 Å². The Bertz CT molecular complexity index is 118. The first-order valence-corrected chi connectivity index (χ1v) is 3.25. The summed E-state index contributed by atoms with van der Waals surface area (Å²) in [6.45, 7) is 2.62. The first-order valence-electron chi connectivity index (χ1n) is 3.25. The molecule has 0 aromatic heterocycles. The molecule has 4 heteroatoms. The van der Waals surface area contributed by atoms with E-state index >= 15 is 0 Å². The lowest BCUT2D eigenvalue weighted by Crippen LogP contribution is -2.27. The predicted octanol–water partition coefficient (Wildman–Crippen LogP) is -0.140. The van der Waals surface area contributed by atoms with Crippen molar-refractivity contribution in [3.8, 4) is 0 Å². The van der Waals surface area contributed by atoms with E-state index in [0.717, 1.165) is 19.6 Å². The second kappa shape index (κ2) is 4.52. The highest BCUT2D eigenvalue weighted by Gasteiger charge is 2.10. The van der Waals surface area contributed by atoms with Gasteiger partial charge in [-0.25, -0.2) is 0 Å². The lowest BCUT2D eigenvalue weighted by molar-refractivity contribution is -0.129. The van der Waals surface area contributed by atoms with Crippen LogP contribution in [0, 0.1) is 0 Å². The second-order valence-corrected chi connectivity index (χ2v) is 2.32. The molecule has 1 amide bonds. The lowest BCUT2D eigenvalue weighted by Gasteiger charge is -2.11. The Morgan fingerprint density at radius 1 is 1.50 bits per heavy atom. The van der Waals surface area contributed by atoms with Crippen LogP contribution >= 0.6 is 12.4 Å². The normalized spacial score (nSPS) is 19.7. The highest BCUT2D eigenvalue weighted by atomic mass is 35.5. The van der Waals surface area contributed by atoms with Crippen molar-refractivity contribution in [1.82, 2.24) is 10.2 Å². The summed E-state index contributed by atoms with van der Waals surface area (Å²) in [7, 11) is 1.84. The van der Waals surface area contributed by atoms with Crippen LogP contribution in [0.2, 0.25) is 0 Å². The van der Waals surface area contributed by atoms with Crippen LogP contribution in [0.3, 0.4) is 0 Å². The van der Waals surface area contributed by atoms with Gasteiger partial charge in [-0.2, -0.15) is 0 Å². The first-order chi connectivity index (χ1) is 4.30. The molecule has 1 heterocycles. The molecule has 0 aromatic rings. The van der Waals surface area contributed by atoms with Crippen molar-refractivity contribution in [3.63, 3.8) is 0 Å². The Morgan fingerprint density at radius 2 is 2.20 bits per heavy atom. The number of hydrogen-bond donors (Lipinski definition) is 1. The quantitative estimate of drug-likeness (QED) is 0.541. The highest BCUT2D eigenvalue weighted by Crippen LogP contribution is 1.91. The Kier molecular flexibility index (Phi) is 4.40. The molecule has 1 saturated heterocycles. The van der Waals surface area contributed by atoms with E-state index in [0.29, 0.717) is 6.42 Å². The maximum absolute atomic E-state index is 10.9. The van der Waals surface area contributed by atoms with E-state index in [1.54, 1.807) is 4.90 Å². The molecule has 1 fully saturated rings. The summed E-state index contributed by atoms with van der Waals surface area (Å²) in [4.78, 5) is 12.7. The van der Waals surface area contributed by atoms with Gasteiger partial charge < -0.3 is 10.2 Å². The van der Waals surface area contributed by atoms with Crippen molar-refractivity contribution in [2.75, 3.05) is 26.7 Å².